The van der Waals surface area contributed by atoms with Gasteiger partial charge in [0.25, 0.3) is 0 Å². The number of hydrogen-bond donors (Lipinski definition) is 1. The molecule has 0 fully saturated rings. The van der Waals surface area contributed by atoms with Crippen molar-refractivity contribution in [2.24, 2.45) is 16.1 Å². The number of hydrogen-bond acceptors (Lipinski definition) is 3. The van der Waals surface area contributed by atoms with E-state index in [-0.39, 0.29) is 11.5 Å². The number of thiazole rings is 1. The van der Waals surface area contributed by atoms with Gasteiger partial charge in [-0.25, -0.2) is 4.98 Å². The Morgan fingerprint density at radius 2 is 2.13 bits per heavy atom. The van der Waals surface area contributed by atoms with Gasteiger partial charge in [-0.1, -0.05) is 20.8 Å². The Morgan fingerprint density at radius 3 is 2.53 bits per heavy atom. The lowest BCUT2D eigenvalue weighted by Crippen LogP contribution is -2.29. The van der Waals surface area contributed by atoms with E-state index in [4.69, 9.17) is 5.73 Å². The first-order valence-electron chi connectivity index (χ1n) is 5.07. The molecule has 0 bridgehead atoms. The molecule has 0 aliphatic heterocycles. The van der Waals surface area contributed by atoms with Crippen LogP contribution in [0.25, 0.3) is 0 Å². The Morgan fingerprint density at radius 1 is 1.53 bits per heavy atom. The molecule has 0 aliphatic rings. The Bertz CT molecular complexity index is 360. The lowest BCUT2D eigenvalue weighted by molar-refractivity contribution is 0.575. The molecule has 1 atom stereocenters. The van der Waals surface area contributed by atoms with E-state index in [0.717, 1.165) is 5.01 Å². The molecule has 2 N–H and O–H groups in total. The minimum Gasteiger partial charge on any atom is -0.387 e. The van der Waals surface area contributed by atoms with E-state index >= 15 is 0 Å². The molecule has 1 rings (SSSR count). The number of nitrogens with zero attached hydrogens (tertiary/aromatic N) is 2. The lowest BCUT2D eigenvalue weighted by atomic mass is 9.95. The fourth-order valence-electron chi connectivity index (χ4n) is 1.02. The number of aliphatic imine (C=N–C) groups is 1. The van der Waals surface area contributed by atoms with Gasteiger partial charge in [-0.2, -0.15) is 0 Å². The largest absolute Gasteiger partial charge is 0.387 e. The van der Waals surface area contributed by atoms with Crippen molar-refractivity contribution < 1.29 is 0 Å². The molecule has 4 heteroatoms. The molecule has 1 heterocycles. The highest BCUT2D eigenvalue weighted by molar-refractivity contribution is 7.11. The molecule has 0 spiro atoms. The topological polar surface area (TPSA) is 51.3 Å². The van der Waals surface area contributed by atoms with Crippen molar-refractivity contribution in [3.8, 4) is 0 Å². The van der Waals surface area contributed by atoms with Gasteiger partial charge in [0.05, 0.1) is 5.84 Å². The van der Waals surface area contributed by atoms with Crippen LogP contribution in [0.2, 0.25) is 0 Å². The van der Waals surface area contributed by atoms with Crippen LogP contribution in [-0.4, -0.2) is 10.8 Å². The van der Waals surface area contributed by atoms with Crippen LogP contribution in [-0.2, 0) is 0 Å². The summed E-state index contributed by atoms with van der Waals surface area (Å²) in [5.41, 5.74) is 5.85. The fourth-order valence-corrected chi connectivity index (χ4v) is 1.79. The molecule has 0 saturated carbocycles. The van der Waals surface area contributed by atoms with Crippen molar-refractivity contribution in [1.82, 2.24) is 4.98 Å². The van der Waals surface area contributed by atoms with Crippen LogP contribution >= 0.6 is 11.3 Å². The molecule has 3 nitrogen and oxygen atoms in total. The molecule has 0 aromatic carbocycles. The summed E-state index contributed by atoms with van der Waals surface area (Å²) in [7, 11) is 0. The Balaban J connectivity index is 2.83. The van der Waals surface area contributed by atoms with Crippen molar-refractivity contribution in [2.45, 2.75) is 40.7 Å². The van der Waals surface area contributed by atoms with Crippen LogP contribution in [0.3, 0.4) is 0 Å². The molecule has 1 aromatic heterocycles. The summed E-state index contributed by atoms with van der Waals surface area (Å²) in [5, 5.41) is 1.03. The summed E-state index contributed by atoms with van der Waals surface area (Å²) < 4.78 is 0. The van der Waals surface area contributed by atoms with E-state index in [0.29, 0.717) is 5.84 Å². The Labute approximate surface area is 95.4 Å². The summed E-state index contributed by atoms with van der Waals surface area (Å²) in [6.45, 7) is 10.3. The summed E-state index contributed by atoms with van der Waals surface area (Å²) in [4.78, 5) is 9.99. The molecule has 0 amide bonds. The summed E-state index contributed by atoms with van der Waals surface area (Å²) in [6, 6.07) is 0.0583. The second kappa shape index (κ2) is 4.31. The smallest absolute Gasteiger partial charge is 0.117 e. The van der Waals surface area contributed by atoms with Crippen molar-refractivity contribution >= 4 is 17.2 Å². The molecule has 0 saturated heterocycles. The minimum absolute atomic E-state index is 0.0583. The average Bonchev–Trinajstić information content (AvgIpc) is 2.50. The van der Waals surface area contributed by atoms with Crippen LogP contribution in [0.4, 0.5) is 0 Å². The van der Waals surface area contributed by atoms with Gasteiger partial charge >= 0.3 is 0 Å². The minimum atomic E-state index is -0.0689. The lowest BCUT2D eigenvalue weighted by Gasteiger charge is -2.18. The number of aryl methyl sites for hydroxylation is 1. The van der Waals surface area contributed by atoms with Crippen molar-refractivity contribution in [2.75, 3.05) is 0 Å². The molecular weight excluding hydrogens is 206 g/mol. The zero-order valence-electron chi connectivity index (χ0n) is 10.0. The highest BCUT2D eigenvalue weighted by Gasteiger charge is 2.17. The highest BCUT2D eigenvalue weighted by atomic mass is 32.1. The number of amidine groups is 1. The first-order valence-corrected chi connectivity index (χ1v) is 5.88. The molecule has 0 radical (unpaired) electrons. The van der Waals surface area contributed by atoms with Crippen molar-refractivity contribution in [3.63, 3.8) is 0 Å². The maximum atomic E-state index is 5.92. The van der Waals surface area contributed by atoms with E-state index < -0.39 is 0 Å². The number of aromatic nitrogens is 1. The first-order chi connectivity index (χ1) is 6.80. The van der Waals surface area contributed by atoms with E-state index in [1.807, 2.05) is 20.0 Å². The zero-order chi connectivity index (χ0) is 11.6. The SMILES string of the molecule is Cc1cnc(C(C)N=C(N)C(C)(C)C)s1. The third kappa shape index (κ3) is 3.30. The predicted octanol–water partition coefficient (Wildman–Crippen LogP) is 2.92. The molecule has 84 valence electrons. The third-order valence-corrected chi connectivity index (χ3v) is 3.18. The normalized spacial score (nSPS) is 15.4. The molecule has 1 aromatic rings. The van der Waals surface area contributed by atoms with Gasteiger partial charge in [0.1, 0.15) is 11.0 Å². The molecule has 15 heavy (non-hydrogen) atoms. The van der Waals surface area contributed by atoms with E-state index in [1.165, 1.54) is 4.88 Å². The van der Waals surface area contributed by atoms with Gasteiger partial charge in [0.15, 0.2) is 0 Å². The second-order valence-electron chi connectivity index (χ2n) is 4.75. The number of nitrogens with two attached hydrogens (primary N) is 1. The third-order valence-electron chi connectivity index (χ3n) is 2.10. The predicted molar refractivity (Wildman–Crippen MR) is 66.3 cm³/mol. The maximum absolute atomic E-state index is 5.92. The Kier molecular flexibility index (Phi) is 3.50. The molecule has 1 unspecified atom stereocenters. The molecular formula is C11H19N3S. The van der Waals surface area contributed by atoms with Crippen LogP contribution in [0, 0.1) is 12.3 Å². The zero-order valence-corrected chi connectivity index (χ0v) is 10.9. The highest BCUT2D eigenvalue weighted by Crippen LogP contribution is 2.24. The van der Waals surface area contributed by atoms with Crippen LogP contribution < -0.4 is 5.73 Å². The maximum Gasteiger partial charge on any atom is 0.117 e. The first kappa shape index (κ1) is 12.2. The van der Waals surface area contributed by atoms with E-state index in [1.54, 1.807) is 11.3 Å². The Hall–Kier alpha value is -0.900. The average molecular weight is 225 g/mol. The standard InChI is InChI=1S/C11H19N3S/c1-7-6-13-9(15-7)8(2)14-10(12)11(3,4)5/h6,8H,1-5H3,(H2,12,14). The monoisotopic (exact) mass is 225 g/mol. The van der Waals surface area contributed by atoms with Crippen LogP contribution in [0.15, 0.2) is 11.2 Å². The number of rotatable bonds is 2. The van der Waals surface area contributed by atoms with Crippen molar-refractivity contribution in [1.29, 1.82) is 0 Å². The van der Waals surface area contributed by atoms with E-state index in [2.05, 4.69) is 30.7 Å². The van der Waals surface area contributed by atoms with Crippen molar-refractivity contribution in [3.05, 3.63) is 16.1 Å². The van der Waals surface area contributed by atoms with E-state index in [9.17, 15) is 0 Å². The summed E-state index contributed by atoms with van der Waals surface area (Å²) in [5.74, 6) is 0.683. The second-order valence-corrected chi connectivity index (χ2v) is 6.02. The molecule has 0 aliphatic carbocycles. The van der Waals surface area contributed by atoms with Gasteiger partial charge in [0.2, 0.25) is 0 Å². The van der Waals surface area contributed by atoms with Gasteiger partial charge in [-0.3, -0.25) is 4.99 Å². The van der Waals surface area contributed by atoms with Gasteiger partial charge in [-0.05, 0) is 13.8 Å². The quantitative estimate of drug-likeness (QED) is 0.621. The van der Waals surface area contributed by atoms with Crippen LogP contribution in [0.5, 0.6) is 0 Å². The fraction of sp³-hybridized carbons (Fsp3) is 0.636. The summed E-state index contributed by atoms with van der Waals surface area (Å²) in [6.07, 6.45) is 1.87. The van der Waals surface area contributed by atoms with Gasteiger partial charge in [-0.15, -0.1) is 11.3 Å². The summed E-state index contributed by atoms with van der Waals surface area (Å²) >= 11 is 1.67. The van der Waals surface area contributed by atoms with Crippen LogP contribution in [0.1, 0.15) is 43.6 Å². The van der Waals surface area contributed by atoms with Gasteiger partial charge < -0.3 is 5.73 Å². The van der Waals surface area contributed by atoms with Gasteiger partial charge in [0, 0.05) is 16.5 Å².